The molecule has 1 aliphatic rings. The largest absolute Gasteiger partial charge is 0.368 e. The fourth-order valence-corrected chi connectivity index (χ4v) is 4.55. The van der Waals surface area contributed by atoms with Gasteiger partial charge < -0.3 is 5.32 Å². The van der Waals surface area contributed by atoms with Crippen LogP contribution in [0.1, 0.15) is 30.0 Å². The highest BCUT2D eigenvalue weighted by atomic mass is 32.2. The number of anilines is 1. The van der Waals surface area contributed by atoms with Gasteiger partial charge in [0.15, 0.2) is 9.84 Å². The molecule has 1 aliphatic heterocycles. The Bertz CT molecular complexity index is 1110. The van der Waals surface area contributed by atoms with Crippen LogP contribution in [-0.4, -0.2) is 49.2 Å². The number of aromatic nitrogens is 2. The molecule has 0 radical (unpaired) electrons. The maximum Gasteiger partial charge on any atom is 0.175 e. The van der Waals surface area contributed by atoms with Crippen LogP contribution >= 0.6 is 0 Å². The van der Waals surface area contributed by atoms with E-state index in [4.69, 9.17) is 0 Å². The molecule has 29 heavy (non-hydrogen) atoms. The van der Waals surface area contributed by atoms with Gasteiger partial charge in [0.05, 0.1) is 16.5 Å². The summed E-state index contributed by atoms with van der Waals surface area (Å²) >= 11 is 0. The van der Waals surface area contributed by atoms with Crippen LogP contribution in [0.2, 0.25) is 0 Å². The van der Waals surface area contributed by atoms with Crippen LogP contribution in [-0.2, 0) is 9.84 Å². The smallest absolute Gasteiger partial charge is 0.175 e. The molecule has 1 fully saturated rings. The number of nitrogens with one attached hydrogen (secondary N) is 1. The average Bonchev–Trinajstić information content (AvgIpc) is 3.23. The van der Waals surface area contributed by atoms with Gasteiger partial charge in [-0.2, -0.15) is 0 Å². The van der Waals surface area contributed by atoms with Crippen LogP contribution < -0.4 is 5.32 Å². The van der Waals surface area contributed by atoms with Crippen molar-refractivity contribution < 1.29 is 8.42 Å². The number of sulfone groups is 1. The first-order chi connectivity index (χ1) is 13.9. The lowest BCUT2D eigenvalue weighted by Gasteiger charge is -2.28. The Balaban J connectivity index is 1.64. The van der Waals surface area contributed by atoms with Gasteiger partial charge in [0.2, 0.25) is 0 Å². The van der Waals surface area contributed by atoms with Gasteiger partial charge in [-0.05, 0) is 56.6 Å². The lowest BCUT2D eigenvalue weighted by Crippen LogP contribution is -2.31. The first kappa shape index (κ1) is 19.8. The molecule has 4 rings (SSSR count). The summed E-state index contributed by atoms with van der Waals surface area (Å²) in [6, 6.07) is 13.9. The van der Waals surface area contributed by atoms with E-state index in [1.54, 1.807) is 18.2 Å². The SMILES string of the molecule is Cc1ccc(C(CNc2ncnc3ccc(S(C)(=O)=O)cc23)N2CCCC2)cc1. The maximum absolute atomic E-state index is 12.0. The Hall–Kier alpha value is -2.51. The Morgan fingerprint density at radius 1 is 1.07 bits per heavy atom. The third-order valence-electron chi connectivity index (χ3n) is 5.54. The number of aryl methyl sites for hydroxylation is 1. The van der Waals surface area contributed by atoms with Crippen LogP contribution in [0.15, 0.2) is 53.7 Å². The molecule has 1 atom stereocenters. The summed E-state index contributed by atoms with van der Waals surface area (Å²) in [5, 5.41) is 4.19. The minimum Gasteiger partial charge on any atom is -0.368 e. The van der Waals surface area contributed by atoms with Crippen molar-refractivity contribution in [1.29, 1.82) is 0 Å². The average molecular weight is 411 g/mol. The minimum atomic E-state index is -3.29. The summed E-state index contributed by atoms with van der Waals surface area (Å²) in [4.78, 5) is 11.5. The summed E-state index contributed by atoms with van der Waals surface area (Å²) in [5.41, 5.74) is 3.25. The van der Waals surface area contributed by atoms with E-state index in [1.165, 1.54) is 36.6 Å². The van der Waals surface area contributed by atoms with Crippen molar-refractivity contribution in [3.8, 4) is 0 Å². The molecule has 1 saturated heterocycles. The quantitative estimate of drug-likeness (QED) is 0.669. The number of hydrogen-bond acceptors (Lipinski definition) is 6. The standard InChI is InChI=1S/C22H26N4O2S/c1-16-5-7-17(8-6-16)21(26-11-3-4-12-26)14-23-22-19-13-18(29(2,27)28)9-10-20(19)24-15-25-22/h5-10,13,15,21H,3-4,11-12,14H2,1-2H3,(H,23,24,25). The van der Waals surface area contributed by atoms with Gasteiger partial charge in [-0.15, -0.1) is 0 Å². The zero-order valence-electron chi connectivity index (χ0n) is 16.8. The van der Waals surface area contributed by atoms with Crippen LogP contribution in [0.5, 0.6) is 0 Å². The van der Waals surface area contributed by atoms with Gasteiger partial charge in [0, 0.05) is 18.2 Å². The lowest BCUT2D eigenvalue weighted by atomic mass is 10.0. The van der Waals surface area contributed by atoms with Gasteiger partial charge in [-0.1, -0.05) is 29.8 Å². The summed E-state index contributed by atoms with van der Waals surface area (Å²) < 4.78 is 23.9. The van der Waals surface area contributed by atoms with Crippen molar-refractivity contribution in [3.05, 3.63) is 59.9 Å². The van der Waals surface area contributed by atoms with Crippen molar-refractivity contribution in [2.45, 2.75) is 30.7 Å². The second kappa shape index (κ2) is 8.08. The predicted octanol–water partition coefficient (Wildman–Crippen LogP) is 3.59. The van der Waals surface area contributed by atoms with Crippen molar-refractivity contribution in [2.75, 3.05) is 31.2 Å². The molecule has 0 spiro atoms. The third kappa shape index (κ3) is 4.41. The number of likely N-dealkylation sites (tertiary alicyclic amines) is 1. The van der Waals surface area contributed by atoms with Crippen molar-refractivity contribution >= 4 is 26.6 Å². The third-order valence-corrected chi connectivity index (χ3v) is 6.65. The van der Waals surface area contributed by atoms with Crippen LogP contribution in [0.3, 0.4) is 0 Å². The highest BCUT2D eigenvalue weighted by Gasteiger charge is 2.23. The molecule has 0 saturated carbocycles. The van der Waals surface area contributed by atoms with Crippen LogP contribution in [0.25, 0.3) is 10.9 Å². The van der Waals surface area contributed by atoms with Crippen molar-refractivity contribution in [2.24, 2.45) is 0 Å². The second-order valence-corrected chi connectivity index (χ2v) is 9.74. The number of rotatable bonds is 6. The normalized spacial score (nSPS) is 16.2. The summed E-state index contributed by atoms with van der Waals surface area (Å²) in [6.45, 7) is 4.96. The Morgan fingerprint density at radius 2 is 1.79 bits per heavy atom. The fourth-order valence-electron chi connectivity index (χ4n) is 3.90. The molecule has 2 aromatic carbocycles. The molecule has 0 aliphatic carbocycles. The van der Waals surface area contributed by atoms with E-state index >= 15 is 0 Å². The van der Waals surface area contributed by atoms with Gasteiger partial charge in [-0.3, -0.25) is 4.90 Å². The van der Waals surface area contributed by atoms with Crippen molar-refractivity contribution in [1.82, 2.24) is 14.9 Å². The van der Waals surface area contributed by atoms with E-state index in [0.29, 0.717) is 12.4 Å². The van der Waals surface area contributed by atoms with E-state index in [-0.39, 0.29) is 10.9 Å². The zero-order chi connectivity index (χ0) is 20.4. The molecule has 2 heterocycles. The summed E-state index contributed by atoms with van der Waals surface area (Å²) in [7, 11) is -3.29. The van der Waals surface area contributed by atoms with E-state index in [9.17, 15) is 8.42 Å². The number of hydrogen-bond donors (Lipinski definition) is 1. The monoisotopic (exact) mass is 410 g/mol. The molecule has 0 bridgehead atoms. The lowest BCUT2D eigenvalue weighted by molar-refractivity contribution is 0.256. The molecule has 0 amide bonds. The molecule has 1 aromatic heterocycles. The Labute approximate surface area is 171 Å². The highest BCUT2D eigenvalue weighted by Crippen LogP contribution is 2.28. The first-order valence-corrected chi connectivity index (χ1v) is 11.8. The van der Waals surface area contributed by atoms with Gasteiger partial charge in [0.1, 0.15) is 12.1 Å². The van der Waals surface area contributed by atoms with Gasteiger partial charge in [-0.25, -0.2) is 18.4 Å². The van der Waals surface area contributed by atoms with Crippen LogP contribution in [0.4, 0.5) is 5.82 Å². The first-order valence-electron chi connectivity index (χ1n) is 9.91. The molecule has 1 N–H and O–H groups in total. The summed E-state index contributed by atoms with van der Waals surface area (Å²) in [5.74, 6) is 0.664. The van der Waals surface area contributed by atoms with E-state index in [0.717, 1.165) is 24.0 Å². The fraction of sp³-hybridized carbons (Fsp3) is 0.364. The molecular weight excluding hydrogens is 384 g/mol. The van der Waals surface area contributed by atoms with Gasteiger partial charge in [0.25, 0.3) is 0 Å². The minimum absolute atomic E-state index is 0.237. The molecule has 152 valence electrons. The number of nitrogens with zero attached hydrogens (tertiary/aromatic N) is 3. The topological polar surface area (TPSA) is 75.2 Å². The number of benzene rings is 2. The van der Waals surface area contributed by atoms with E-state index in [2.05, 4.69) is 51.4 Å². The molecule has 1 unspecified atom stereocenters. The maximum atomic E-state index is 12.0. The van der Waals surface area contributed by atoms with E-state index in [1.807, 2.05) is 0 Å². The summed E-state index contributed by atoms with van der Waals surface area (Å²) in [6.07, 6.45) is 5.17. The number of fused-ring (bicyclic) bond motifs is 1. The Morgan fingerprint density at radius 3 is 2.48 bits per heavy atom. The van der Waals surface area contributed by atoms with Gasteiger partial charge >= 0.3 is 0 Å². The second-order valence-electron chi connectivity index (χ2n) is 7.72. The Kier molecular flexibility index (Phi) is 5.52. The highest BCUT2D eigenvalue weighted by molar-refractivity contribution is 7.90. The van der Waals surface area contributed by atoms with Crippen molar-refractivity contribution in [3.63, 3.8) is 0 Å². The predicted molar refractivity (Wildman–Crippen MR) is 116 cm³/mol. The molecule has 6 nitrogen and oxygen atoms in total. The van der Waals surface area contributed by atoms with Crippen LogP contribution in [0, 0.1) is 6.92 Å². The molecule has 3 aromatic rings. The molecular formula is C22H26N4O2S. The zero-order valence-corrected chi connectivity index (χ0v) is 17.6. The van der Waals surface area contributed by atoms with E-state index < -0.39 is 9.84 Å². The molecule has 7 heteroatoms.